The van der Waals surface area contributed by atoms with Crippen molar-refractivity contribution < 1.29 is 4.39 Å². The van der Waals surface area contributed by atoms with Gasteiger partial charge in [-0.3, -0.25) is 0 Å². The first-order chi connectivity index (χ1) is 8.29. The minimum Gasteiger partial charge on any atom is -0.246 e. The van der Waals surface area contributed by atoms with Crippen molar-refractivity contribution in [3.8, 4) is 0 Å². The fourth-order valence-electron chi connectivity index (χ4n) is 2.02. The molecule has 1 heteroatoms. The topological polar surface area (TPSA) is 0 Å². The van der Waals surface area contributed by atoms with Crippen LogP contribution in [0.1, 0.15) is 29.5 Å². The highest BCUT2D eigenvalue weighted by Gasteiger charge is 2.05. The molecule has 0 aliphatic heterocycles. The van der Waals surface area contributed by atoms with Gasteiger partial charge in [-0.15, -0.1) is 0 Å². The van der Waals surface area contributed by atoms with Gasteiger partial charge in [-0.1, -0.05) is 61.5 Å². The highest BCUT2D eigenvalue weighted by molar-refractivity contribution is 5.26. The molecule has 0 aliphatic rings. The number of alkyl halides is 1. The Morgan fingerprint density at radius 3 is 2.06 bits per heavy atom. The Labute approximate surface area is 102 Å². The zero-order chi connectivity index (χ0) is 12.1. The number of hydrogen-bond donors (Lipinski definition) is 0. The fourth-order valence-corrected chi connectivity index (χ4v) is 2.02. The van der Waals surface area contributed by atoms with E-state index >= 15 is 0 Å². The van der Waals surface area contributed by atoms with Gasteiger partial charge < -0.3 is 0 Å². The van der Waals surface area contributed by atoms with Gasteiger partial charge in [-0.2, -0.15) is 0 Å². The molecule has 0 unspecified atom stereocenters. The molecule has 0 spiro atoms. The van der Waals surface area contributed by atoms with Crippen LogP contribution in [0.25, 0.3) is 0 Å². The minimum atomic E-state index is -0.380. The number of halogens is 1. The van der Waals surface area contributed by atoms with E-state index in [2.05, 4.69) is 31.2 Å². The molecular weight excluding hydrogens is 211 g/mol. The molecule has 0 nitrogen and oxygen atoms in total. The lowest BCUT2D eigenvalue weighted by Gasteiger charge is -2.12. The van der Waals surface area contributed by atoms with Crippen molar-refractivity contribution in [1.82, 2.24) is 0 Å². The fraction of sp³-hybridized carbons (Fsp3) is 0.250. The Morgan fingerprint density at radius 2 is 1.47 bits per heavy atom. The second kappa shape index (κ2) is 5.62. The summed E-state index contributed by atoms with van der Waals surface area (Å²) >= 11 is 0. The van der Waals surface area contributed by atoms with Gasteiger partial charge in [0.05, 0.1) is 0 Å². The summed E-state index contributed by atoms with van der Waals surface area (Å²) in [6, 6.07) is 18.3. The van der Waals surface area contributed by atoms with Gasteiger partial charge in [0.2, 0.25) is 0 Å². The van der Waals surface area contributed by atoms with Gasteiger partial charge in [0.15, 0.2) is 0 Å². The third-order valence-corrected chi connectivity index (χ3v) is 3.09. The minimum absolute atomic E-state index is 0.380. The number of rotatable bonds is 4. The summed E-state index contributed by atoms with van der Waals surface area (Å²) in [4.78, 5) is 0. The van der Waals surface area contributed by atoms with Gasteiger partial charge in [-0.25, -0.2) is 4.39 Å². The Bertz CT molecular complexity index is 445. The lowest BCUT2D eigenvalue weighted by Crippen LogP contribution is -1.98. The van der Waals surface area contributed by atoms with Crippen molar-refractivity contribution in [1.29, 1.82) is 0 Å². The molecule has 0 saturated heterocycles. The van der Waals surface area contributed by atoms with E-state index in [-0.39, 0.29) is 6.67 Å². The molecule has 0 radical (unpaired) electrons. The van der Waals surface area contributed by atoms with E-state index in [1.54, 1.807) is 0 Å². The van der Waals surface area contributed by atoms with Crippen LogP contribution in [0.15, 0.2) is 54.6 Å². The molecule has 0 aromatic heterocycles. The molecule has 0 saturated carbocycles. The van der Waals surface area contributed by atoms with Crippen LogP contribution in [0.3, 0.4) is 0 Å². The average Bonchev–Trinajstić information content (AvgIpc) is 2.40. The van der Waals surface area contributed by atoms with Crippen LogP contribution in [-0.2, 0) is 13.1 Å². The molecule has 0 heterocycles. The lowest BCUT2D eigenvalue weighted by atomic mass is 9.93. The molecule has 2 aromatic carbocycles. The largest absolute Gasteiger partial charge is 0.246 e. The van der Waals surface area contributed by atoms with Gasteiger partial charge >= 0.3 is 0 Å². The first-order valence-electron chi connectivity index (χ1n) is 5.98. The Morgan fingerprint density at radius 1 is 0.882 bits per heavy atom. The maximum atomic E-state index is 12.4. The molecule has 0 fully saturated rings. The van der Waals surface area contributed by atoms with E-state index in [4.69, 9.17) is 0 Å². The normalized spacial score (nSPS) is 12.4. The van der Waals surface area contributed by atoms with Gasteiger partial charge in [0, 0.05) is 0 Å². The van der Waals surface area contributed by atoms with E-state index in [0.29, 0.717) is 5.92 Å². The summed E-state index contributed by atoms with van der Waals surface area (Å²) in [5.41, 5.74) is 3.36. The zero-order valence-corrected chi connectivity index (χ0v) is 10.1. The standard InChI is InChI=1S/C16H17F/c1-13(16-5-3-2-4-6-16)11-14-7-9-15(12-17)10-8-14/h2-10,13H,11-12H2,1H3/t13-/m0/s1. The van der Waals surface area contributed by atoms with Crippen molar-refractivity contribution in [3.05, 3.63) is 71.3 Å². The Kier molecular flexibility index (Phi) is 3.92. The number of benzene rings is 2. The van der Waals surface area contributed by atoms with Crippen molar-refractivity contribution >= 4 is 0 Å². The highest BCUT2D eigenvalue weighted by Crippen LogP contribution is 2.20. The second-order valence-corrected chi connectivity index (χ2v) is 4.47. The van der Waals surface area contributed by atoms with E-state index in [1.807, 2.05) is 30.3 Å². The average molecular weight is 228 g/mol. The summed E-state index contributed by atoms with van der Waals surface area (Å²) in [6.45, 7) is 1.84. The van der Waals surface area contributed by atoms with Crippen LogP contribution in [0.4, 0.5) is 4.39 Å². The first-order valence-corrected chi connectivity index (χ1v) is 5.98. The molecule has 0 bridgehead atoms. The van der Waals surface area contributed by atoms with Crippen molar-refractivity contribution in [2.75, 3.05) is 0 Å². The lowest BCUT2D eigenvalue weighted by molar-refractivity contribution is 0.485. The third-order valence-electron chi connectivity index (χ3n) is 3.09. The molecule has 0 amide bonds. The van der Waals surface area contributed by atoms with Crippen molar-refractivity contribution in [2.45, 2.75) is 25.9 Å². The van der Waals surface area contributed by atoms with Crippen LogP contribution < -0.4 is 0 Å². The van der Waals surface area contributed by atoms with Crippen molar-refractivity contribution in [3.63, 3.8) is 0 Å². The molecular formula is C16H17F. The molecule has 2 rings (SSSR count). The molecule has 2 aromatic rings. The Balaban J connectivity index is 2.05. The van der Waals surface area contributed by atoms with Gasteiger partial charge in [-0.05, 0) is 29.0 Å². The molecule has 0 N–H and O–H groups in total. The summed E-state index contributed by atoms with van der Waals surface area (Å²) in [5, 5.41) is 0. The maximum Gasteiger partial charge on any atom is 0.115 e. The third kappa shape index (κ3) is 3.16. The first kappa shape index (κ1) is 11.8. The maximum absolute atomic E-state index is 12.4. The predicted octanol–water partition coefficient (Wildman–Crippen LogP) is 4.50. The van der Waals surface area contributed by atoms with Crippen LogP contribution >= 0.6 is 0 Å². The quantitative estimate of drug-likeness (QED) is 0.722. The predicted molar refractivity (Wildman–Crippen MR) is 69.8 cm³/mol. The molecule has 17 heavy (non-hydrogen) atoms. The van der Waals surface area contributed by atoms with E-state index in [1.165, 1.54) is 11.1 Å². The van der Waals surface area contributed by atoms with Crippen LogP contribution in [0.2, 0.25) is 0 Å². The summed E-state index contributed by atoms with van der Waals surface area (Å²) in [5.74, 6) is 0.493. The zero-order valence-electron chi connectivity index (χ0n) is 10.1. The van der Waals surface area contributed by atoms with Crippen LogP contribution in [0, 0.1) is 0 Å². The van der Waals surface area contributed by atoms with E-state index in [9.17, 15) is 4.39 Å². The Hall–Kier alpha value is -1.63. The highest BCUT2D eigenvalue weighted by atomic mass is 19.1. The monoisotopic (exact) mass is 228 g/mol. The SMILES string of the molecule is C[C@@H](Cc1ccc(CF)cc1)c1ccccc1. The van der Waals surface area contributed by atoms with Gasteiger partial charge in [0.25, 0.3) is 0 Å². The van der Waals surface area contributed by atoms with Crippen LogP contribution in [-0.4, -0.2) is 0 Å². The molecule has 1 atom stereocenters. The number of hydrogen-bond acceptors (Lipinski definition) is 0. The summed E-state index contributed by atoms with van der Waals surface area (Å²) in [6.07, 6.45) is 0.997. The summed E-state index contributed by atoms with van der Waals surface area (Å²) < 4.78 is 12.4. The smallest absolute Gasteiger partial charge is 0.115 e. The van der Waals surface area contributed by atoms with Crippen molar-refractivity contribution in [2.24, 2.45) is 0 Å². The summed E-state index contributed by atoms with van der Waals surface area (Å²) in [7, 11) is 0. The molecule has 88 valence electrons. The van der Waals surface area contributed by atoms with E-state index in [0.717, 1.165) is 12.0 Å². The van der Waals surface area contributed by atoms with E-state index < -0.39 is 0 Å². The van der Waals surface area contributed by atoms with Crippen LogP contribution in [0.5, 0.6) is 0 Å². The second-order valence-electron chi connectivity index (χ2n) is 4.47. The molecule has 0 aliphatic carbocycles. The van der Waals surface area contributed by atoms with Gasteiger partial charge in [0.1, 0.15) is 6.67 Å².